The molecule has 0 fully saturated rings. The average molecular weight is 678 g/mol. The van der Waals surface area contributed by atoms with E-state index in [9.17, 15) is 0 Å². The van der Waals surface area contributed by atoms with Crippen molar-refractivity contribution >= 4 is 82.5 Å². The maximum Gasteiger partial charge on any atom is 0.143 e. The van der Waals surface area contributed by atoms with Gasteiger partial charge in [-0.1, -0.05) is 121 Å². The third-order valence-electron chi connectivity index (χ3n) is 10.6. The van der Waals surface area contributed by atoms with E-state index < -0.39 is 0 Å². The number of fused-ring (bicyclic) bond motifs is 9. The van der Waals surface area contributed by atoms with Crippen molar-refractivity contribution in [2.75, 3.05) is 4.90 Å². The Kier molecular flexibility index (Phi) is 6.55. The van der Waals surface area contributed by atoms with Gasteiger partial charge in [0.15, 0.2) is 0 Å². The van der Waals surface area contributed by atoms with Crippen LogP contribution < -0.4 is 4.90 Å². The lowest BCUT2D eigenvalue weighted by Gasteiger charge is -2.26. The monoisotopic (exact) mass is 677 g/mol. The highest BCUT2D eigenvalue weighted by atomic mass is 16.3. The van der Waals surface area contributed by atoms with E-state index in [4.69, 9.17) is 8.83 Å². The molecule has 0 atom stereocenters. The summed E-state index contributed by atoms with van der Waals surface area (Å²) < 4.78 is 12.9. The van der Waals surface area contributed by atoms with Crippen LogP contribution in [0, 0.1) is 0 Å². The SMILES string of the molecule is c1ccc(-c2ccc(N(c3ccc4oc5ccccc5c4c3)c3ccc4oc5c6ccccc6c(-c6ccc7ccccc7c6)cc5c4c3)cc2)cc1. The maximum absolute atomic E-state index is 6.70. The molecule has 53 heavy (non-hydrogen) atoms. The van der Waals surface area contributed by atoms with Crippen LogP contribution in [0.3, 0.4) is 0 Å². The Bertz CT molecular complexity index is 3170. The number of rotatable bonds is 5. The van der Waals surface area contributed by atoms with E-state index in [0.717, 1.165) is 66.3 Å². The Morgan fingerprint density at radius 3 is 1.66 bits per heavy atom. The summed E-state index contributed by atoms with van der Waals surface area (Å²) in [4.78, 5) is 2.33. The predicted octanol–water partition coefficient (Wildman–Crippen LogP) is 14.6. The van der Waals surface area contributed by atoms with E-state index in [0.29, 0.717) is 0 Å². The smallest absolute Gasteiger partial charge is 0.143 e. The van der Waals surface area contributed by atoms with Gasteiger partial charge in [-0.05, 0) is 105 Å². The topological polar surface area (TPSA) is 29.5 Å². The van der Waals surface area contributed by atoms with Gasteiger partial charge in [0.05, 0.1) is 0 Å². The van der Waals surface area contributed by atoms with Gasteiger partial charge in [-0.2, -0.15) is 0 Å². The van der Waals surface area contributed by atoms with Crippen LogP contribution in [0.25, 0.3) is 87.7 Å². The molecule has 0 saturated heterocycles. The third-order valence-corrected chi connectivity index (χ3v) is 10.6. The molecule has 2 aromatic heterocycles. The van der Waals surface area contributed by atoms with Gasteiger partial charge in [0.1, 0.15) is 22.3 Å². The second kappa shape index (κ2) is 11.7. The molecule has 0 saturated carbocycles. The first-order valence-electron chi connectivity index (χ1n) is 18.0. The molecule has 0 bridgehead atoms. The Morgan fingerprint density at radius 1 is 0.302 bits per heavy atom. The van der Waals surface area contributed by atoms with E-state index >= 15 is 0 Å². The van der Waals surface area contributed by atoms with Crippen LogP contribution in [0.2, 0.25) is 0 Å². The van der Waals surface area contributed by atoms with E-state index in [2.05, 4.69) is 181 Å². The first-order chi connectivity index (χ1) is 26.2. The summed E-state index contributed by atoms with van der Waals surface area (Å²) in [6.07, 6.45) is 0. The zero-order chi connectivity index (χ0) is 34.9. The number of anilines is 3. The Balaban J connectivity index is 1.13. The van der Waals surface area contributed by atoms with Crippen molar-refractivity contribution in [3.8, 4) is 22.3 Å². The van der Waals surface area contributed by atoms with Crippen LogP contribution in [-0.2, 0) is 0 Å². The number of nitrogens with zero attached hydrogens (tertiary/aromatic N) is 1. The molecule has 0 radical (unpaired) electrons. The first kappa shape index (κ1) is 29.6. The second-order valence-corrected chi connectivity index (χ2v) is 13.7. The molecule has 0 N–H and O–H groups in total. The number of benzene rings is 9. The number of para-hydroxylation sites is 1. The van der Waals surface area contributed by atoms with Gasteiger partial charge in [-0.15, -0.1) is 0 Å². The molecule has 0 amide bonds. The fourth-order valence-electron chi connectivity index (χ4n) is 8.05. The molecule has 0 unspecified atom stereocenters. The summed E-state index contributed by atoms with van der Waals surface area (Å²) in [6, 6.07) is 66.9. The molecular weight excluding hydrogens is 647 g/mol. The van der Waals surface area contributed by atoms with Crippen LogP contribution in [0.15, 0.2) is 197 Å². The summed E-state index contributed by atoms with van der Waals surface area (Å²) >= 11 is 0. The predicted molar refractivity (Wildman–Crippen MR) is 222 cm³/mol. The lowest BCUT2D eigenvalue weighted by Crippen LogP contribution is -2.09. The van der Waals surface area contributed by atoms with Crippen LogP contribution in [0.4, 0.5) is 17.1 Å². The highest BCUT2D eigenvalue weighted by molar-refractivity contribution is 6.20. The van der Waals surface area contributed by atoms with Gasteiger partial charge in [0.2, 0.25) is 0 Å². The minimum Gasteiger partial charge on any atom is -0.456 e. The van der Waals surface area contributed by atoms with E-state index in [1.165, 1.54) is 38.4 Å². The highest BCUT2D eigenvalue weighted by Gasteiger charge is 2.20. The fourth-order valence-corrected chi connectivity index (χ4v) is 8.05. The summed E-state index contributed by atoms with van der Waals surface area (Å²) in [5.74, 6) is 0. The summed E-state index contributed by atoms with van der Waals surface area (Å²) in [5.41, 5.74) is 11.4. The van der Waals surface area contributed by atoms with Crippen molar-refractivity contribution in [1.82, 2.24) is 0 Å². The highest BCUT2D eigenvalue weighted by Crippen LogP contribution is 2.44. The molecule has 2 heterocycles. The Labute approximate surface area is 305 Å². The summed E-state index contributed by atoms with van der Waals surface area (Å²) in [7, 11) is 0. The molecule has 3 heteroatoms. The largest absolute Gasteiger partial charge is 0.456 e. The van der Waals surface area contributed by atoms with Crippen LogP contribution >= 0.6 is 0 Å². The second-order valence-electron chi connectivity index (χ2n) is 13.7. The first-order valence-corrected chi connectivity index (χ1v) is 18.0. The molecule has 0 aliphatic carbocycles. The van der Waals surface area contributed by atoms with Crippen molar-refractivity contribution < 1.29 is 8.83 Å². The number of hydrogen-bond donors (Lipinski definition) is 0. The molecular formula is C50H31NO2. The molecule has 0 aliphatic rings. The molecule has 9 aromatic carbocycles. The third kappa shape index (κ3) is 4.82. The summed E-state index contributed by atoms with van der Waals surface area (Å²) in [6.45, 7) is 0. The lowest BCUT2D eigenvalue weighted by molar-refractivity contribution is 0.669. The molecule has 11 rings (SSSR count). The lowest BCUT2D eigenvalue weighted by atomic mass is 9.94. The van der Waals surface area contributed by atoms with Crippen molar-refractivity contribution in [2.24, 2.45) is 0 Å². The zero-order valence-electron chi connectivity index (χ0n) is 28.7. The van der Waals surface area contributed by atoms with Crippen molar-refractivity contribution in [1.29, 1.82) is 0 Å². The van der Waals surface area contributed by atoms with Gasteiger partial charge < -0.3 is 13.7 Å². The minimum atomic E-state index is 0.861. The van der Waals surface area contributed by atoms with Gasteiger partial charge in [-0.3, -0.25) is 0 Å². The Hall–Kier alpha value is -7.10. The van der Waals surface area contributed by atoms with Gasteiger partial charge in [0.25, 0.3) is 0 Å². The normalized spacial score (nSPS) is 11.8. The van der Waals surface area contributed by atoms with Crippen LogP contribution in [0.5, 0.6) is 0 Å². The Morgan fingerprint density at radius 2 is 0.868 bits per heavy atom. The van der Waals surface area contributed by atoms with E-state index in [-0.39, 0.29) is 0 Å². The quantitative estimate of drug-likeness (QED) is 0.182. The fraction of sp³-hybridized carbons (Fsp3) is 0. The van der Waals surface area contributed by atoms with Crippen molar-refractivity contribution in [3.05, 3.63) is 188 Å². The van der Waals surface area contributed by atoms with Gasteiger partial charge >= 0.3 is 0 Å². The van der Waals surface area contributed by atoms with E-state index in [1.54, 1.807) is 0 Å². The summed E-state index contributed by atoms with van der Waals surface area (Å²) in [5, 5.41) is 9.11. The zero-order valence-corrected chi connectivity index (χ0v) is 28.7. The molecule has 248 valence electrons. The average Bonchev–Trinajstić information content (AvgIpc) is 3.79. The van der Waals surface area contributed by atoms with Gasteiger partial charge in [0, 0.05) is 44.0 Å². The van der Waals surface area contributed by atoms with Crippen molar-refractivity contribution in [2.45, 2.75) is 0 Å². The van der Waals surface area contributed by atoms with Gasteiger partial charge in [-0.25, -0.2) is 0 Å². The van der Waals surface area contributed by atoms with Crippen LogP contribution in [-0.4, -0.2) is 0 Å². The maximum atomic E-state index is 6.70. The number of furan rings is 2. The van der Waals surface area contributed by atoms with Crippen LogP contribution in [0.1, 0.15) is 0 Å². The molecule has 0 spiro atoms. The number of hydrogen-bond acceptors (Lipinski definition) is 3. The van der Waals surface area contributed by atoms with Crippen molar-refractivity contribution in [3.63, 3.8) is 0 Å². The molecule has 0 aliphatic heterocycles. The van der Waals surface area contributed by atoms with E-state index in [1.807, 2.05) is 12.1 Å². The minimum absolute atomic E-state index is 0.861. The molecule has 11 aromatic rings. The molecule has 3 nitrogen and oxygen atoms in total. The standard InChI is InChI=1S/C50H31NO2/c1-2-10-32(11-3-1)34-20-22-37(23-21-34)51(38-24-26-48-44(29-38)41-15-8-9-17-47(41)52-48)39-25-27-49-45(30-39)46-31-43(40-14-6-7-16-42(40)50(46)53-49)36-19-18-33-12-4-5-13-35(33)28-36/h1-31H.